The zero-order valence-corrected chi connectivity index (χ0v) is 36.0. The molecule has 0 N–H and O–H groups in total. The Morgan fingerprint density at radius 3 is 0.686 bits per heavy atom. The Balaban J connectivity index is 2.19. The third kappa shape index (κ3) is 32.5. The molecule has 0 bridgehead atoms. The molecule has 1 heterocycles. The maximum atomic E-state index is 2.74. The first-order chi connectivity index (χ1) is 25.3. The summed E-state index contributed by atoms with van der Waals surface area (Å²) >= 11 is 0. The third-order valence-electron chi connectivity index (χ3n) is 12.1. The van der Waals surface area contributed by atoms with Crippen LogP contribution in [0.2, 0.25) is 0 Å². The molecule has 1 unspecified atom stereocenters. The fourth-order valence-electron chi connectivity index (χ4n) is 8.48. The molecule has 1 aliphatic rings. The second-order valence-corrected chi connectivity index (χ2v) is 17.1. The number of nitrogens with zero attached hydrogens (tertiary/aromatic N) is 2. The zero-order valence-electron chi connectivity index (χ0n) is 36.0. The minimum atomic E-state index is 0.636. The van der Waals surface area contributed by atoms with Crippen LogP contribution in [0.3, 0.4) is 0 Å². The molecule has 1 rings (SSSR count). The maximum absolute atomic E-state index is 2.74. The standard InChI is InChI=1S/C49H98N2/c1-4-7-10-13-16-19-22-24-25-26-28-31-34-37-40-43-46-51-48-47-50(45-42-39-36-33-30-21-18-15-12-9-6-3)49(51)44-41-38-35-32-29-27-23-20-17-14-11-8-5-2/h47-49H,4-46H2,1-3H3. The molecule has 304 valence electrons. The van der Waals surface area contributed by atoms with Crippen molar-refractivity contribution in [2.75, 3.05) is 13.1 Å². The smallest absolute Gasteiger partial charge is 0.101 e. The highest BCUT2D eigenvalue weighted by molar-refractivity contribution is 4.97. The van der Waals surface area contributed by atoms with Crippen LogP contribution >= 0.6 is 0 Å². The molecule has 2 nitrogen and oxygen atoms in total. The van der Waals surface area contributed by atoms with Gasteiger partial charge in [-0.05, 0) is 25.7 Å². The summed E-state index contributed by atoms with van der Waals surface area (Å²) < 4.78 is 0. The molecular weight excluding hydrogens is 617 g/mol. The fraction of sp³-hybridized carbons (Fsp3) is 0.959. The van der Waals surface area contributed by atoms with Crippen molar-refractivity contribution < 1.29 is 0 Å². The van der Waals surface area contributed by atoms with Gasteiger partial charge in [-0.1, -0.05) is 258 Å². The van der Waals surface area contributed by atoms with Crippen LogP contribution in [0, 0.1) is 0 Å². The largest absolute Gasteiger partial charge is 0.356 e. The molecule has 0 saturated heterocycles. The van der Waals surface area contributed by atoms with Crippen molar-refractivity contribution in [1.29, 1.82) is 0 Å². The van der Waals surface area contributed by atoms with E-state index in [2.05, 4.69) is 43.0 Å². The van der Waals surface area contributed by atoms with E-state index in [9.17, 15) is 0 Å². The van der Waals surface area contributed by atoms with E-state index < -0.39 is 0 Å². The Labute approximate surface area is 324 Å². The molecule has 0 aromatic rings. The van der Waals surface area contributed by atoms with Gasteiger partial charge in [0, 0.05) is 25.5 Å². The topological polar surface area (TPSA) is 6.48 Å². The van der Waals surface area contributed by atoms with Crippen LogP contribution < -0.4 is 0 Å². The van der Waals surface area contributed by atoms with E-state index >= 15 is 0 Å². The number of hydrogen-bond donors (Lipinski definition) is 0. The normalized spacial score (nSPS) is 14.5. The Morgan fingerprint density at radius 2 is 0.451 bits per heavy atom. The van der Waals surface area contributed by atoms with Crippen molar-refractivity contribution in [3.63, 3.8) is 0 Å². The van der Waals surface area contributed by atoms with Gasteiger partial charge >= 0.3 is 0 Å². The summed E-state index contributed by atoms with van der Waals surface area (Å²) in [5, 5.41) is 0. The predicted octanol–water partition coefficient (Wildman–Crippen LogP) is 17.5. The second-order valence-electron chi connectivity index (χ2n) is 17.1. The maximum Gasteiger partial charge on any atom is 0.101 e. The number of hydrogen-bond acceptors (Lipinski definition) is 2. The highest BCUT2D eigenvalue weighted by Gasteiger charge is 2.24. The molecule has 1 atom stereocenters. The first kappa shape index (κ1) is 48.4. The van der Waals surface area contributed by atoms with Crippen LogP contribution in [0.5, 0.6) is 0 Å². The number of rotatable bonds is 43. The average molecular weight is 715 g/mol. The monoisotopic (exact) mass is 715 g/mol. The fourth-order valence-corrected chi connectivity index (χ4v) is 8.48. The van der Waals surface area contributed by atoms with Crippen LogP contribution in [0.15, 0.2) is 12.4 Å². The lowest BCUT2D eigenvalue weighted by atomic mass is 10.0. The molecule has 0 aliphatic carbocycles. The summed E-state index contributed by atoms with van der Waals surface area (Å²) in [6, 6.07) is 0. The Morgan fingerprint density at radius 1 is 0.255 bits per heavy atom. The Kier molecular flexibility index (Phi) is 38.4. The SMILES string of the molecule is CCCCCCCCCCCCCCCCCCN1C=CN(CCCCCCCCCCCCC)C1CCCCCCCCCCCCCCC. The van der Waals surface area contributed by atoms with Gasteiger partial charge in [-0.25, -0.2) is 0 Å². The zero-order chi connectivity index (χ0) is 36.6. The van der Waals surface area contributed by atoms with E-state index in [0.29, 0.717) is 6.17 Å². The minimum Gasteiger partial charge on any atom is -0.356 e. The second kappa shape index (κ2) is 40.5. The van der Waals surface area contributed by atoms with Gasteiger partial charge in [0.15, 0.2) is 0 Å². The van der Waals surface area contributed by atoms with Crippen LogP contribution in [0.1, 0.15) is 284 Å². The number of unbranched alkanes of at least 4 members (excludes halogenated alkanes) is 37. The molecular formula is C49H98N2. The van der Waals surface area contributed by atoms with Gasteiger partial charge in [-0.3, -0.25) is 0 Å². The summed E-state index contributed by atoms with van der Waals surface area (Å²) in [7, 11) is 0. The average Bonchev–Trinajstić information content (AvgIpc) is 3.53. The van der Waals surface area contributed by atoms with Gasteiger partial charge in [0.1, 0.15) is 6.17 Å². The molecule has 0 fully saturated rings. The highest BCUT2D eigenvalue weighted by atomic mass is 15.4. The summed E-state index contributed by atoms with van der Waals surface area (Å²) in [4.78, 5) is 5.48. The van der Waals surface area contributed by atoms with Crippen LogP contribution in [-0.4, -0.2) is 29.1 Å². The predicted molar refractivity (Wildman–Crippen MR) is 233 cm³/mol. The summed E-state index contributed by atoms with van der Waals surface area (Å²) in [6.45, 7) is 9.49. The molecule has 51 heavy (non-hydrogen) atoms. The van der Waals surface area contributed by atoms with Crippen molar-refractivity contribution in [1.82, 2.24) is 9.80 Å². The van der Waals surface area contributed by atoms with Gasteiger partial charge in [0.2, 0.25) is 0 Å². The van der Waals surface area contributed by atoms with Gasteiger partial charge in [-0.2, -0.15) is 0 Å². The van der Waals surface area contributed by atoms with E-state index in [1.807, 2.05) is 0 Å². The Bertz CT molecular complexity index is 673. The van der Waals surface area contributed by atoms with E-state index in [0.717, 1.165) is 0 Å². The van der Waals surface area contributed by atoms with Crippen LogP contribution in [0.4, 0.5) is 0 Å². The quantitative estimate of drug-likeness (QED) is 0.0580. The lowest BCUT2D eigenvalue weighted by molar-refractivity contribution is 0.135. The molecule has 0 radical (unpaired) electrons. The molecule has 1 aliphatic heterocycles. The van der Waals surface area contributed by atoms with Crippen molar-refractivity contribution in [2.45, 2.75) is 290 Å². The van der Waals surface area contributed by atoms with Gasteiger partial charge in [0.05, 0.1) is 0 Å². The van der Waals surface area contributed by atoms with Crippen molar-refractivity contribution in [3.05, 3.63) is 12.4 Å². The van der Waals surface area contributed by atoms with Crippen molar-refractivity contribution >= 4 is 0 Å². The van der Waals surface area contributed by atoms with E-state index in [1.54, 1.807) is 0 Å². The van der Waals surface area contributed by atoms with E-state index in [-0.39, 0.29) is 0 Å². The van der Waals surface area contributed by atoms with Crippen LogP contribution in [-0.2, 0) is 0 Å². The van der Waals surface area contributed by atoms with Crippen molar-refractivity contribution in [3.8, 4) is 0 Å². The summed E-state index contributed by atoms with van der Waals surface area (Å²) in [5.74, 6) is 0. The van der Waals surface area contributed by atoms with Gasteiger partial charge < -0.3 is 9.80 Å². The molecule has 0 aromatic heterocycles. The summed E-state index contributed by atoms with van der Waals surface area (Å²) in [6.07, 6.45) is 64.9. The lowest BCUT2D eigenvalue weighted by Gasteiger charge is -2.33. The first-order valence-corrected chi connectivity index (χ1v) is 24.5. The summed E-state index contributed by atoms with van der Waals surface area (Å²) in [5.41, 5.74) is 0. The van der Waals surface area contributed by atoms with Gasteiger partial charge in [-0.15, -0.1) is 0 Å². The molecule has 0 saturated carbocycles. The third-order valence-corrected chi connectivity index (χ3v) is 12.1. The molecule has 0 spiro atoms. The van der Waals surface area contributed by atoms with E-state index in [1.165, 1.54) is 276 Å². The highest BCUT2D eigenvalue weighted by Crippen LogP contribution is 2.24. The van der Waals surface area contributed by atoms with Gasteiger partial charge in [0.25, 0.3) is 0 Å². The minimum absolute atomic E-state index is 0.636. The lowest BCUT2D eigenvalue weighted by Crippen LogP contribution is -2.39. The first-order valence-electron chi connectivity index (χ1n) is 24.5. The van der Waals surface area contributed by atoms with E-state index in [4.69, 9.17) is 0 Å². The van der Waals surface area contributed by atoms with Crippen LogP contribution in [0.25, 0.3) is 0 Å². The molecule has 2 heteroatoms. The molecule has 0 aromatic carbocycles. The molecule has 0 amide bonds. The Hall–Kier alpha value is -0.660. The van der Waals surface area contributed by atoms with Crippen molar-refractivity contribution in [2.24, 2.45) is 0 Å².